The van der Waals surface area contributed by atoms with Gasteiger partial charge in [0.1, 0.15) is 0 Å². The van der Waals surface area contributed by atoms with Crippen LogP contribution in [0.5, 0.6) is 0 Å². The summed E-state index contributed by atoms with van der Waals surface area (Å²) in [4.78, 5) is 26.1. The lowest BCUT2D eigenvalue weighted by Crippen LogP contribution is -2.43. The number of guanidine groups is 1. The van der Waals surface area contributed by atoms with Crippen LogP contribution in [0.15, 0.2) is 84.0 Å². The molecule has 0 saturated carbocycles. The molecule has 1 saturated heterocycles. The van der Waals surface area contributed by atoms with Gasteiger partial charge < -0.3 is 26.2 Å². The zero-order valence-electron chi connectivity index (χ0n) is 21.8. The van der Waals surface area contributed by atoms with Crippen molar-refractivity contribution in [1.82, 2.24) is 15.2 Å². The molecule has 4 N–H and O–H groups in total. The van der Waals surface area contributed by atoms with Crippen LogP contribution in [0.1, 0.15) is 35.2 Å². The van der Waals surface area contributed by atoms with Crippen LogP contribution in [-0.4, -0.2) is 61.0 Å². The van der Waals surface area contributed by atoms with Crippen LogP contribution in [0.25, 0.3) is 5.57 Å². The molecular weight excluding hydrogens is 474 g/mol. The number of hydrogen-bond donors (Lipinski definition) is 3. The summed E-state index contributed by atoms with van der Waals surface area (Å²) in [6.07, 6.45) is 6.91. The quantitative estimate of drug-likeness (QED) is 0.339. The van der Waals surface area contributed by atoms with E-state index in [1.165, 1.54) is 11.1 Å². The van der Waals surface area contributed by atoms with Crippen molar-refractivity contribution in [2.75, 3.05) is 43.4 Å². The van der Waals surface area contributed by atoms with E-state index in [-0.39, 0.29) is 17.9 Å². The number of hydrogen-bond acceptors (Lipinski definition) is 5. The molecule has 2 aliphatic heterocycles. The highest BCUT2D eigenvalue weighted by molar-refractivity contribution is 5.97. The number of nitrogens with zero attached hydrogens (tertiary/aromatic N) is 4. The normalized spacial score (nSPS) is 16.6. The van der Waals surface area contributed by atoms with Gasteiger partial charge in [0.2, 0.25) is 0 Å². The predicted molar refractivity (Wildman–Crippen MR) is 155 cm³/mol. The molecular formula is C30H35N7O. The number of nitrogens with two attached hydrogens (primary N) is 1. The Labute approximate surface area is 224 Å². The topological polar surface area (TPSA) is 98.9 Å². The first-order valence-electron chi connectivity index (χ1n) is 13.2. The van der Waals surface area contributed by atoms with E-state index in [2.05, 4.69) is 55.9 Å². The lowest BCUT2D eigenvalue weighted by molar-refractivity contribution is 0.0703. The number of pyridine rings is 1. The van der Waals surface area contributed by atoms with E-state index in [1.54, 1.807) is 6.20 Å². The van der Waals surface area contributed by atoms with Crippen molar-refractivity contribution in [3.8, 4) is 0 Å². The number of anilines is 2. The second kappa shape index (κ2) is 11.9. The monoisotopic (exact) mass is 509 g/mol. The highest BCUT2D eigenvalue weighted by atomic mass is 16.2. The molecule has 196 valence electrons. The van der Waals surface area contributed by atoms with Gasteiger partial charge in [-0.05, 0) is 79.9 Å². The number of nitrogens with one attached hydrogen (secondary N) is 2. The molecule has 1 amide bonds. The van der Waals surface area contributed by atoms with E-state index in [0.29, 0.717) is 11.4 Å². The molecule has 8 nitrogen and oxygen atoms in total. The first-order valence-corrected chi connectivity index (χ1v) is 13.2. The van der Waals surface area contributed by atoms with E-state index in [4.69, 9.17) is 5.73 Å². The van der Waals surface area contributed by atoms with Crippen molar-refractivity contribution in [2.24, 2.45) is 10.7 Å². The standard InChI is InChI=1S/C30H35N7O/c1-36(26-13-18-32-19-14-26)29(38)24-9-11-25(12-10-24)34-30(31)35-28-27(8-5-17-33-28)37-20-15-23(16-21-37)22-6-3-2-4-7-22/h2-12,15,17,26,32H,13-14,16,18-21H2,1H3,(H3,31,33,34,35). The summed E-state index contributed by atoms with van der Waals surface area (Å²) in [5.74, 6) is 0.854. The summed E-state index contributed by atoms with van der Waals surface area (Å²) in [5, 5.41) is 6.47. The molecule has 0 radical (unpaired) electrons. The van der Waals surface area contributed by atoms with E-state index >= 15 is 0 Å². The van der Waals surface area contributed by atoms with Gasteiger partial charge in [-0.3, -0.25) is 4.79 Å². The molecule has 2 aliphatic rings. The van der Waals surface area contributed by atoms with Crippen LogP contribution in [-0.2, 0) is 0 Å². The third kappa shape index (κ3) is 6.03. The Bertz CT molecular complexity index is 1300. The second-order valence-electron chi connectivity index (χ2n) is 9.73. The second-order valence-corrected chi connectivity index (χ2v) is 9.73. The molecule has 8 heteroatoms. The van der Waals surface area contributed by atoms with Crippen molar-refractivity contribution < 1.29 is 4.79 Å². The number of aliphatic imine (C=N–C) groups is 1. The fourth-order valence-corrected chi connectivity index (χ4v) is 5.07. The van der Waals surface area contributed by atoms with Crippen LogP contribution in [0, 0.1) is 0 Å². The van der Waals surface area contributed by atoms with Gasteiger partial charge in [-0.2, -0.15) is 4.99 Å². The maximum Gasteiger partial charge on any atom is 0.253 e. The van der Waals surface area contributed by atoms with Crippen LogP contribution >= 0.6 is 0 Å². The highest BCUT2D eigenvalue weighted by Gasteiger charge is 2.23. The number of amides is 1. The summed E-state index contributed by atoms with van der Waals surface area (Å²) < 4.78 is 0. The lowest BCUT2D eigenvalue weighted by atomic mass is 9.99. The molecule has 0 spiro atoms. The average molecular weight is 510 g/mol. The Hall–Kier alpha value is -4.17. The summed E-state index contributed by atoms with van der Waals surface area (Å²) in [6, 6.07) is 22.1. The zero-order valence-corrected chi connectivity index (χ0v) is 21.8. The first kappa shape index (κ1) is 25.5. The Kier molecular flexibility index (Phi) is 7.99. The van der Waals surface area contributed by atoms with Gasteiger partial charge in [0.05, 0.1) is 5.69 Å². The average Bonchev–Trinajstić information content (AvgIpc) is 2.98. The third-order valence-electron chi connectivity index (χ3n) is 7.27. The minimum absolute atomic E-state index is 0.0363. The maximum atomic E-state index is 12.9. The molecule has 1 aromatic heterocycles. The lowest BCUT2D eigenvalue weighted by Gasteiger charge is -2.31. The Balaban J connectivity index is 1.24. The fourth-order valence-electron chi connectivity index (χ4n) is 5.07. The number of carbonyl (C=O) groups is 1. The Morgan fingerprint density at radius 2 is 1.84 bits per heavy atom. The van der Waals surface area contributed by atoms with E-state index in [0.717, 1.165) is 56.8 Å². The van der Waals surface area contributed by atoms with Crippen molar-refractivity contribution >= 4 is 34.6 Å². The van der Waals surface area contributed by atoms with Crippen LogP contribution < -0.4 is 21.3 Å². The molecule has 1 fully saturated rings. The number of carbonyl (C=O) groups excluding carboxylic acids is 1. The summed E-state index contributed by atoms with van der Waals surface area (Å²) >= 11 is 0. The minimum atomic E-state index is 0.0363. The fraction of sp³-hybridized carbons (Fsp3) is 0.300. The molecule has 0 atom stereocenters. The van der Waals surface area contributed by atoms with Gasteiger partial charge in [-0.1, -0.05) is 36.4 Å². The van der Waals surface area contributed by atoms with Gasteiger partial charge in [-0.15, -0.1) is 0 Å². The van der Waals surface area contributed by atoms with Crippen LogP contribution in [0.3, 0.4) is 0 Å². The van der Waals surface area contributed by atoms with Gasteiger partial charge in [-0.25, -0.2) is 4.98 Å². The zero-order chi connectivity index (χ0) is 26.3. The number of piperidine rings is 1. The van der Waals surface area contributed by atoms with Crippen molar-refractivity contribution in [3.63, 3.8) is 0 Å². The largest absolute Gasteiger partial charge is 0.369 e. The van der Waals surface area contributed by atoms with E-state index in [1.807, 2.05) is 54.4 Å². The van der Waals surface area contributed by atoms with E-state index < -0.39 is 0 Å². The van der Waals surface area contributed by atoms with Gasteiger partial charge in [0.15, 0.2) is 11.8 Å². The highest BCUT2D eigenvalue weighted by Crippen LogP contribution is 2.30. The van der Waals surface area contributed by atoms with Gasteiger partial charge >= 0.3 is 0 Å². The first-order chi connectivity index (χ1) is 18.6. The molecule has 2 aromatic carbocycles. The van der Waals surface area contributed by atoms with Gasteiger partial charge in [0, 0.05) is 43.6 Å². The third-order valence-corrected chi connectivity index (χ3v) is 7.27. The van der Waals surface area contributed by atoms with Gasteiger partial charge in [0.25, 0.3) is 5.91 Å². The predicted octanol–water partition coefficient (Wildman–Crippen LogP) is 4.26. The number of benzene rings is 2. The van der Waals surface area contributed by atoms with Crippen molar-refractivity contribution in [2.45, 2.75) is 25.3 Å². The molecule has 3 aromatic rings. The number of rotatable bonds is 6. The van der Waals surface area contributed by atoms with E-state index in [9.17, 15) is 4.79 Å². The Morgan fingerprint density at radius 1 is 1.08 bits per heavy atom. The van der Waals surface area contributed by atoms with Crippen molar-refractivity contribution in [1.29, 1.82) is 0 Å². The summed E-state index contributed by atoms with van der Waals surface area (Å²) in [6.45, 7) is 3.56. The summed E-state index contributed by atoms with van der Waals surface area (Å²) in [5.41, 5.74) is 11.3. The molecule has 0 unspecified atom stereocenters. The molecule has 0 bridgehead atoms. The summed E-state index contributed by atoms with van der Waals surface area (Å²) in [7, 11) is 1.89. The van der Waals surface area contributed by atoms with Crippen molar-refractivity contribution in [3.05, 3.63) is 90.1 Å². The molecule has 38 heavy (non-hydrogen) atoms. The minimum Gasteiger partial charge on any atom is -0.369 e. The van der Waals surface area contributed by atoms with Crippen LogP contribution in [0.2, 0.25) is 0 Å². The Morgan fingerprint density at radius 3 is 2.55 bits per heavy atom. The molecule has 5 rings (SSSR count). The smallest absolute Gasteiger partial charge is 0.253 e. The SMILES string of the molecule is CN(C(=O)c1ccc(N/C(N)=N/c2ncccc2N2CC=C(c3ccccc3)CC2)cc1)C1CCNCC1. The number of aromatic nitrogens is 1. The molecule has 3 heterocycles. The van der Waals surface area contributed by atoms with Crippen LogP contribution in [0.4, 0.5) is 17.2 Å². The molecule has 0 aliphatic carbocycles. The maximum absolute atomic E-state index is 12.9.